The van der Waals surface area contributed by atoms with Crippen molar-refractivity contribution in [3.63, 3.8) is 0 Å². The standard InChI is InChI=1S/C30H23FN4O4/c1-16(36)34-24-7-5-4-6-20(24)21-14-23(33-15-26(21)34)28(37)30(2)27-22(32)12-19(39-3)13-25(27)35(29(30)38)18-10-8-17(31)9-11-18/h4-15H,32H2,1-3H3. The van der Waals surface area contributed by atoms with Crippen LogP contribution in [0.4, 0.5) is 21.5 Å². The molecule has 8 nitrogen and oxygen atoms in total. The van der Waals surface area contributed by atoms with Gasteiger partial charge in [0.1, 0.15) is 22.7 Å². The van der Waals surface area contributed by atoms with Crippen LogP contribution >= 0.6 is 0 Å². The number of halogens is 1. The first-order chi connectivity index (χ1) is 18.7. The summed E-state index contributed by atoms with van der Waals surface area (Å²) < 4.78 is 20.6. The number of methoxy groups -OCH3 is 1. The van der Waals surface area contributed by atoms with Crippen LogP contribution in [0, 0.1) is 5.82 Å². The van der Waals surface area contributed by atoms with E-state index in [2.05, 4.69) is 4.98 Å². The smallest absolute Gasteiger partial charge is 0.250 e. The zero-order valence-electron chi connectivity index (χ0n) is 21.4. The third-order valence-electron chi connectivity index (χ3n) is 7.37. The maximum Gasteiger partial charge on any atom is 0.250 e. The number of nitrogens with zero attached hydrogens (tertiary/aromatic N) is 3. The highest BCUT2D eigenvalue weighted by molar-refractivity contribution is 6.29. The van der Waals surface area contributed by atoms with Gasteiger partial charge in [0.25, 0.3) is 0 Å². The van der Waals surface area contributed by atoms with Gasteiger partial charge in [-0.2, -0.15) is 0 Å². The number of ketones is 1. The van der Waals surface area contributed by atoms with Crippen LogP contribution in [0.25, 0.3) is 21.8 Å². The highest BCUT2D eigenvalue weighted by atomic mass is 19.1. The number of pyridine rings is 1. The molecule has 9 heteroatoms. The third-order valence-corrected chi connectivity index (χ3v) is 7.37. The number of benzene rings is 3. The quantitative estimate of drug-likeness (QED) is 0.192. The van der Waals surface area contributed by atoms with Crippen molar-refractivity contribution < 1.29 is 23.5 Å². The second-order valence-electron chi connectivity index (χ2n) is 9.64. The number of anilines is 3. The molecular formula is C30H23FN4O4. The molecule has 6 rings (SSSR count). The molecule has 2 N–H and O–H groups in total. The van der Waals surface area contributed by atoms with E-state index in [4.69, 9.17) is 10.5 Å². The number of hydrogen-bond donors (Lipinski definition) is 1. The highest BCUT2D eigenvalue weighted by Gasteiger charge is 2.55. The predicted octanol–water partition coefficient (Wildman–Crippen LogP) is 5.40. The topological polar surface area (TPSA) is 108 Å². The zero-order valence-corrected chi connectivity index (χ0v) is 21.4. The second kappa shape index (κ2) is 8.49. The molecule has 0 bridgehead atoms. The number of aromatic nitrogens is 2. The van der Waals surface area contributed by atoms with Gasteiger partial charge in [0.2, 0.25) is 17.6 Å². The van der Waals surface area contributed by atoms with Crippen molar-refractivity contribution in [2.24, 2.45) is 0 Å². The van der Waals surface area contributed by atoms with E-state index in [1.807, 2.05) is 24.3 Å². The molecule has 0 spiro atoms. The van der Waals surface area contributed by atoms with Crippen molar-refractivity contribution in [1.82, 2.24) is 9.55 Å². The molecule has 0 radical (unpaired) electrons. The molecular weight excluding hydrogens is 499 g/mol. The van der Waals surface area contributed by atoms with Gasteiger partial charge in [0, 0.05) is 46.8 Å². The summed E-state index contributed by atoms with van der Waals surface area (Å²) >= 11 is 0. The Morgan fingerprint density at radius 3 is 2.41 bits per heavy atom. The molecule has 1 aliphatic heterocycles. The van der Waals surface area contributed by atoms with E-state index in [0.717, 1.165) is 5.39 Å². The molecule has 1 atom stereocenters. The number of carbonyl (C=O) groups excluding carboxylic acids is 3. The summed E-state index contributed by atoms with van der Waals surface area (Å²) in [6.45, 7) is 2.98. The molecule has 0 aliphatic carbocycles. The Labute approximate surface area is 222 Å². The number of ether oxygens (including phenoxy) is 1. The second-order valence-corrected chi connectivity index (χ2v) is 9.64. The van der Waals surface area contributed by atoms with E-state index in [1.54, 1.807) is 22.8 Å². The average Bonchev–Trinajstić information content (AvgIpc) is 3.38. The van der Waals surface area contributed by atoms with Crippen molar-refractivity contribution >= 4 is 56.5 Å². The van der Waals surface area contributed by atoms with Gasteiger partial charge in [-0.15, -0.1) is 0 Å². The minimum Gasteiger partial charge on any atom is -0.497 e. The summed E-state index contributed by atoms with van der Waals surface area (Å²) in [4.78, 5) is 46.6. The maximum absolute atomic E-state index is 14.3. The lowest BCUT2D eigenvalue weighted by Gasteiger charge is -2.23. The molecule has 1 unspecified atom stereocenters. The van der Waals surface area contributed by atoms with Crippen molar-refractivity contribution in [2.45, 2.75) is 19.3 Å². The highest BCUT2D eigenvalue weighted by Crippen LogP contribution is 2.51. The fourth-order valence-corrected chi connectivity index (χ4v) is 5.55. The molecule has 0 saturated carbocycles. The van der Waals surface area contributed by atoms with Gasteiger partial charge in [-0.25, -0.2) is 4.39 Å². The summed E-state index contributed by atoms with van der Waals surface area (Å²) in [5.74, 6) is -1.36. The van der Waals surface area contributed by atoms with Crippen LogP contribution < -0.4 is 15.4 Å². The number of Topliss-reactive ketones (excluding diaryl/α,β-unsaturated/α-hetero) is 1. The zero-order chi connectivity index (χ0) is 27.6. The Morgan fingerprint density at radius 2 is 1.72 bits per heavy atom. The summed E-state index contributed by atoms with van der Waals surface area (Å²) in [6, 6.07) is 17.6. The van der Waals surface area contributed by atoms with E-state index >= 15 is 0 Å². The largest absolute Gasteiger partial charge is 0.497 e. The number of hydrogen-bond acceptors (Lipinski definition) is 6. The first kappa shape index (κ1) is 24.3. The van der Waals surface area contributed by atoms with Crippen LogP contribution in [0.3, 0.4) is 0 Å². The van der Waals surface area contributed by atoms with Crippen LogP contribution in [0.2, 0.25) is 0 Å². The van der Waals surface area contributed by atoms with E-state index in [0.29, 0.717) is 39.1 Å². The molecule has 5 aromatic rings. The summed E-state index contributed by atoms with van der Waals surface area (Å²) in [7, 11) is 1.47. The number of rotatable bonds is 4. The van der Waals surface area contributed by atoms with Crippen LogP contribution in [-0.2, 0) is 10.2 Å². The van der Waals surface area contributed by atoms with Crippen LogP contribution in [0.5, 0.6) is 5.75 Å². The van der Waals surface area contributed by atoms with Gasteiger partial charge in [-0.3, -0.25) is 28.8 Å². The van der Waals surface area contributed by atoms with Crippen molar-refractivity contribution in [3.8, 4) is 5.75 Å². The Hall–Kier alpha value is -5.05. The normalized spacial score (nSPS) is 16.6. The Morgan fingerprint density at radius 1 is 1.00 bits per heavy atom. The number of para-hydroxylation sites is 1. The number of nitrogens with two attached hydrogens (primary N) is 1. The Balaban J connectivity index is 1.56. The number of carbonyl (C=O) groups is 3. The van der Waals surface area contributed by atoms with Gasteiger partial charge >= 0.3 is 0 Å². The average molecular weight is 523 g/mol. The molecule has 3 heterocycles. The molecule has 1 amide bonds. The minimum atomic E-state index is -1.74. The van der Waals surface area contributed by atoms with E-state index in [-0.39, 0.29) is 17.3 Å². The predicted molar refractivity (Wildman–Crippen MR) is 146 cm³/mol. The van der Waals surface area contributed by atoms with Crippen molar-refractivity contribution in [1.29, 1.82) is 0 Å². The molecule has 3 aromatic carbocycles. The van der Waals surface area contributed by atoms with E-state index < -0.39 is 22.9 Å². The number of fused-ring (bicyclic) bond motifs is 4. The van der Waals surface area contributed by atoms with E-state index in [1.165, 1.54) is 56.3 Å². The maximum atomic E-state index is 14.3. The van der Waals surface area contributed by atoms with Crippen LogP contribution in [0.1, 0.15) is 34.7 Å². The van der Waals surface area contributed by atoms with Crippen LogP contribution in [0.15, 0.2) is 72.9 Å². The lowest BCUT2D eigenvalue weighted by Crippen LogP contribution is -2.43. The van der Waals surface area contributed by atoms with Crippen LogP contribution in [-0.4, -0.2) is 34.3 Å². The Bertz CT molecular complexity index is 1860. The number of amides is 1. The summed E-state index contributed by atoms with van der Waals surface area (Å²) in [5.41, 5.74) is 7.26. The molecule has 194 valence electrons. The molecule has 39 heavy (non-hydrogen) atoms. The fraction of sp³-hybridized carbons (Fsp3) is 0.133. The minimum absolute atomic E-state index is 0.0481. The van der Waals surface area contributed by atoms with Gasteiger partial charge in [-0.05, 0) is 43.3 Å². The monoisotopic (exact) mass is 522 g/mol. The first-order valence-corrected chi connectivity index (χ1v) is 12.2. The fourth-order valence-electron chi connectivity index (χ4n) is 5.55. The van der Waals surface area contributed by atoms with Gasteiger partial charge in [0.15, 0.2) is 0 Å². The van der Waals surface area contributed by atoms with Crippen molar-refractivity contribution in [2.75, 3.05) is 17.7 Å². The SMILES string of the molecule is COc1cc(N)c2c(c1)N(c1ccc(F)cc1)C(=O)C2(C)C(=O)c1cc2c3ccccc3n(C(C)=O)c2cn1. The summed E-state index contributed by atoms with van der Waals surface area (Å²) in [5, 5.41) is 1.44. The first-order valence-electron chi connectivity index (χ1n) is 12.2. The van der Waals surface area contributed by atoms with Gasteiger partial charge in [0.05, 0.1) is 30.0 Å². The van der Waals surface area contributed by atoms with Crippen molar-refractivity contribution in [3.05, 3.63) is 90.0 Å². The lowest BCUT2D eigenvalue weighted by atomic mass is 9.77. The third kappa shape index (κ3) is 3.36. The molecule has 1 aliphatic rings. The lowest BCUT2D eigenvalue weighted by molar-refractivity contribution is -0.120. The number of nitrogen functional groups attached to an aromatic ring is 1. The van der Waals surface area contributed by atoms with Gasteiger partial charge in [-0.1, -0.05) is 18.2 Å². The molecule has 0 fully saturated rings. The Kier molecular flexibility index (Phi) is 5.29. The molecule has 2 aromatic heterocycles. The summed E-state index contributed by atoms with van der Waals surface area (Å²) in [6.07, 6.45) is 1.47. The van der Waals surface area contributed by atoms with Gasteiger partial charge < -0.3 is 10.5 Å². The van der Waals surface area contributed by atoms with E-state index in [9.17, 15) is 18.8 Å². The molecule has 0 saturated heterocycles.